The number of rotatable bonds is 4. The van der Waals surface area contributed by atoms with E-state index in [0.717, 1.165) is 37.0 Å². The molecule has 5 rings (SSSR count). The molecule has 3 aliphatic carbocycles. The first-order chi connectivity index (χ1) is 14.4. The van der Waals surface area contributed by atoms with Gasteiger partial charge in [0.1, 0.15) is 11.9 Å². The van der Waals surface area contributed by atoms with Gasteiger partial charge in [0.25, 0.3) is 5.56 Å². The zero-order valence-corrected chi connectivity index (χ0v) is 17.9. The molecule has 3 aliphatic rings. The summed E-state index contributed by atoms with van der Waals surface area (Å²) in [6, 6.07) is 2.24. The number of H-pyrrole nitrogens is 1. The normalized spacial score (nSPS) is 26.5. The summed E-state index contributed by atoms with van der Waals surface area (Å²) in [4.78, 5) is 29.5. The van der Waals surface area contributed by atoms with Crippen LogP contribution < -0.4 is 27.6 Å². The number of methoxy groups -OCH3 is 1. The van der Waals surface area contributed by atoms with Crippen LogP contribution in [-0.4, -0.2) is 28.9 Å². The van der Waals surface area contributed by atoms with E-state index in [9.17, 15) is 9.59 Å². The van der Waals surface area contributed by atoms with Crippen LogP contribution in [0, 0.1) is 5.92 Å². The maximum Gasteiger partial charge on any atom is 0.329 e. The number of halogens is 1. The van der Waals surface area contributed by atoms with Crippen molar-refractivity contribution < 1.29 is 9.13 Å². The van der Waals surface area contributed by atoms with Gasteiger partial charge in [-0.1, -0.05) is 0 Å². The number of aryl methyl sites for hydroxylation is 1. The molecule has 4 atom stereocenters. The second-order valence-electron chi connectivity index (χ2n) is 8.74. The van der Waals surface area contributed by atoms with E-state index in [0.29, 0.717) is 17.0 Å². The number of aromatic amines is 1. The van der Waals surface area contributed by atoms with Gasteiger partial charge < -0.3 is 10.5 Å². The second-order valence-corrected chi connectivity index (χ2v) is 9.91. The highest BCUT2D eigenvalue weighted by molar-refractivity contribution is 7.12. The quantitative estimate of drug-likeness (QED) is 0.758. The van der Waals surface area contributed by atoms with Gasteiger partial charge in [-0.3, -0.25) is 14.3 Å². The van der Waals surface area contributed by atoms with Gasteiger partial charge in [-0.25, -0.2) is 9.18 Å². The number of nitrogens with zero attached hydrogens (tertiary/aromatic N) is 1. The van der Waals surface area contributed by atoms with Gasteiger partial charge in [-0.05, 0) is 62.7 Å². The molecule has 0 aromatic carbocycles. The van der Waals surface area contributed by atoms with Gasteiger partial charge >= 0.3 is 5.69 Å². The first-order valence-corrected chi connectivity index (χ1v) is 11.4. The molecule has 1 saturated carbocycles. The molecular weight excluding hydrogens is 405 g/mol. The van der Waals surface area contributed by atoms with Crippen LogP contribution in [-0.2, 0) is 17.6 Å². The van der Waals surface area contributed by atoms with E-state index in [4.69, 9.17) is 10.5 Å². The highest BCUT2D eigenvalue weighted by atomic mass is 32.1. The minimum atomic E-state index is -1.40. The molecule has 160 valence electrons. The molecule has 0 spiro atoms. The minimum absolute atomic E-state index is 0.0294. The predicted octanol–water partition coefficient (Wildman–Crippen LogP) is 1.06. The van der Waals surface area contributed by atoms with Gasteiger partial charge in [0.2, 0.25) is 0 Å². The third-order valence-corrected chi connectivity index (χ3v) is 7.98. The van der Waals surface area contributed by atoms with E-state index in [1.807, 2.05) is 6.92 Å². The van der Waals surface area contributed by atoms with Crippen molar-refractivity contribution in [1.82, 2.24) is 9.55 Å². The number of hydrogen-bond acceptors (Lipinski definition) is 5. The third-order valence-electron chi connectivity index (χ3n) is 6.66. The average molecular weight is 432 g/mol. The summed E-state index contributed by atoms with van der Waals surface area (Å²) < 4.78 is 22.7. The molecule has 6 nitrogen and oxygen atoms in total. The summed E-state index contributed by atoms with van der Waals surface area (Å²) in [5, 5.41) is 0.632. The van der Waals surface area contributed by atoms with Crippen molar-refractivity contribution >= 4 is 23.2 Å². The SMILES string of the molecule is COC1=c2c(c(=O)[nH]c(=O)n2C2CC2)=CC(F)C1c1cc2c(s1)CCC(C(C)N)C2. The van der Waals surface area contributed by atoms with Crippen molar-refractivity contribution in [2.45, 2.75) is 63.2 Å². The Hall–Kier alpha value is -2.19. The molecule has 2 heterocycles. The first-order valence-electron chi connectivity index (χ1n) is 10.5. The van der Waals surface area contributed by atoms with Crippen LogP contribution in [0.5, 0.6) is 0 Å². The molecule has 0 saturated heterocycles. The lowest BCUT2D eigenvalue weighted by atomic mass is 9.84. The summed E-state index contributed by atoms with van der Waals surface area (Å²) in [6.45, 7) is 2.04. The van der Waals surface area contributed by atoms with Crippen molar-refractivity contribution in [3.8, 4) is 0 Å². The molecule has 1 fully saturated rings. The summed E-state index contributed by atoms with van der Waals surface area (Å²) in [5.41, 5.74) is 6.34. The zero-order chi connectivity index (χ0) is 21.2. The number of ether oxygens (including phenoxy) is 1. The molecule has 3 N–H and O–H groups in total. The average Bonchev–Trinajstić information content (AvgIpc) is 3.44. The Morgan fingerprint density at radius 1 is 1.33 bits per heavy atom. The number of aromatic nitrogens is 2. The van der Waals surface area contributed by atoms with E-state index in [2.05, 4.69) is 11.1 Å². The van der Waals surface area contributed by atoms with Crippen LogP contribution in [0.1, 0.15) is 53.5 Å². The van der Waals surface area contributed by atoms with Crippen molar-refractivity contribution in [2.24, 2.45) is 11.7 Å². The van der Waals surface area contributed by atoms with Crippen molar-refractivity contribution in [3.05, 3.63) is 52.8 Å². The van der Waals surface area contributed by atoms with Crippen molar-refractivity contribution in [3.63, 3.8) is 0 Å². The molecule has 0 aliphatic heterocycles. The second kappa shape index (κ2) is 7.20. The lowest BCUT2D eigenvalue weighted by molar-refractivity contribution is 0.292. The number of hydrogen-bond donors (Lipinski definition) is 2. The van der Waals surface area contributed by atoms with E-state index in [1.165, 1.54) is 23.6 Å². The molecule has 0 bridgehead atoms. The molecule has 30 heavy (non-hydrogen) atoms. The summed E-state index contributed by atoms with van der Waals surface area (Å²) in [6.07, 6.45) is 4.58. The Morgan fingerprint density at radius 3 is 2.77 bits per heavy atom. The van der Waals surface area contributed by atoms with Crippen LogP contribution in [0.2, 0.25) is 0 Å². The fraction of sp³-hybridized carbons (Fsp3) is 0.545. The maximum absolute atomic E-state index is 15.4. The maximum atomic E-state index is 15.4. The summed E-state index contributed by atoms with van der Waals surface area (Å²) in [7, 11) is 1.49. The molecule has 4 unspecified atom stereocenters. The minimum Gasteiger partial charge on any atom is -0.498 e. The molecular formula is C22H26FN3O3S. The lowest BCUT2D eigenvalue weighted by Crippen LogP contribution is -2.57. The lowest BCUT2D eigenvalue weighted by Gasteiger charge is -2.25. The van der Waals surface area contributed by atoms with Gasteiger partial charge in [0, 0.05) is 21.8 Å². The third kappa shape index (κ3) is 3.08. The number of thiophene rings is 1. The summed E-state index contributed by atoms with van der Waals surface area (Å²) >= 11 is 1.62. The smallest absolute Gasteiger partial charge is 0.329 e. The highest BCUT2D eigenvalue weighted by Gasteiger charge is 2.37. The number of nitrogens with one attached hydrogen (secondary N) is 1. The standard InChI is InChI=1S/C22H26FN3O3S/c1-10(24)11-3-6-16-12(7-11)8-17(30-16)18-15(23)9-14-19(20(18)29-2)26(13-4-5-13)22(28)25-21(14)27/h8-11,13,15,18H,3-7,24H2,1-2H3,(H,25,27,28). The topological polar surface area (TPSA) is 90.1 Å². The van der Waals surface area contributed by atoms with Crippen LogP contribution in [0.4, 0.5) is 4.39 Å². The van der Waals surface area contributed by atoms with Crippen molar-refractivity contribution in [2.75, 3.05) is 7.11 Å². The fourth-order valence-corrected chi connectivity index (χ4v) is 6.23. The molecule has 8 heteroatoms. The first kappa shape index (κ1) is 19.8. The Morgan fingerprint density at radius 2 is 2.10 bits per heavy atom. The Labute approximate surface area is 176 Å². The highest BCUT2D eigenvalue weighted by Crippen LogP contribution is 2.42. The fourth-order valence-electron chi connectivity index (χ4n) is 4.88. The van der Waals surface area contributed by atoms with E-state index in [-0.39, 0.29) is 17.3 Å². The van der Waals surface area contributed by atoms with E-state index in [1.54, 1.807) is 15.9 Å². The molecule has 2 aromatic heterocycles. The van der Waals surface area contributed by atoms with Crippen LogP contribution in [0.25, 0.3) is 11.8 Å². The molecule has 2 aromatic rings. The molecule has 0 amide bonds. The Bertz CT molecular complexity index is 1240. The Kier molecular flexibility index (Phi) is 4.74. The zero-order valence-electron chi connectivity index (χ0n) is 17.1. The van der Waals surface area contributed by atoms with Crippen LogP contribution >= 0.6 is 11.3 Å². The van der Waals surface area contributed by atoms with Crippen LogP contribution in [0.15, 0.2) is 15.7 Å². The predicted molar refractivity (Wildman–Crippen MR) is 115 cm³/mol. The monoisotopic (exact) mass is 431 g/mol. The largest absolute Gasteiger partial charge is 0.498 e. The Balaban J connectivity index is 1.69. The number of fused-ring (bicyclic) bond motifs is 2. The van der Waals surface area contributed by atoms with Crippen molar-refractivity contribution in [1.29, 1.82) is 0 Å². The number of nitrogens with two attached hydrogens (primary N) is 1. The van der Waals surface area contributed by atoms with Gasteiger partial charge in [-0.15, -0.1) is 11.3 Å². The molecule has 0 radical (unpaired) electrons. The van der Waals surface area contributed by atoms with Gasteiger partial charge in [-0.2, -0.15) is 0 Å². The number of alkyl halides is 1. The van der Waals surface area contributed by atoms with E-state index < -0.39 is 23.3 Å². The van der Waals surface area contributed by atoms with Gasteiger partial charge in [0.05, 0.1) is 23.6 Å². The van der Waals surface area contributed by atoms with Crippen LogP contribution in [0.3, 0.4) is 0 Å². The van der Waals surface area contributed by atoms with Gasteiger partial charge in [0.15, 0.2) is 0 Å². The van der Waals surface area contributed by atoms with E-state index >= 15 is 4.39 Å². The summed E-state index contributed by atoms with van der Waals surface area (Å²) in [5.74, 6) is 0.153.